The molecule has 0 saturated carbocycles. The average molecular weight is 323 g/mol. The molecule has 0 saturated heterocycles. The van der Waals surface area contributed by atoms with E-state index in [0.29, 0.717) is 12.5 Å². The first-order valence-electron chi connectivity index (χ1n) is 8.09. The van der Waals surface area contributed by atoms with Crippen molar-refractivity contribution in [1.82, 2.24) is 9.97 Å². The largest absolute Gasteiger partial charge is 0.477 e. The number of hydrogen-bond acceptors (Lipinski definition) is 5. The fourth-order valence-corrected chi connectivity index (χ4v) is 2.49. The van der Waals surface area contributed by atoms with Crippen molar-refractivity contribution in [3.05, 3.63) is 48.7 Å². The molecule has 3 aromatic rings. The predicted octanol–water partition coefficient (Wildman–Crippen LogP) is 3.49. The van der Waals surface area contributed by atoms with E-state index in [1.54, 1.807) is 6.20 Å². The Morgan fingerprint density at radius 1 is 1.12 bits per heavy atom. The number of aromatic nitrogens is 2. The van der Waals surface area contributed by atoms with Crippen molar-refractivity contribution in [3.63, 3.8) is 0 Å². The number of nitrogens with zero attached hydrogens (tertiary/aromatic N) is 2. The van der Waals surface area contributed by atoms with Crippen LogP contribution in [0.4, 0.5) is 5.69 Å². The minimum atomic E-state index is 0.178. The van der Waals surface area contributed by atoms with Gasteiger partial charge in [-0.15, -0.1) is 0 Å². The molecule has 0 bridgehead atoms. The Balaban J connectivity index is 1.95. The first kappa shape index (κ1) is 16.2. The zero-order valence-corrected chi connectivity index (χ0v) is 13.7. The smallest absolute Gasteiger partial charge is 0.223 e. The number of benzene rings is 1. The molecule has 0 aliphatic rings. The second kappa shape index (κ2) is 7.75. The van der Waals surface area contributed by atoms with Crippen molar-refractivity contribution in [2.45, 2.75) is 12.8 Å². The maximum absolute atomic E-state index is 8.88. The number of aliphatic hydroxyl groups is 1. The Labute approximate surface area is 141 Å². The van der Waals surface area contributed by atoms with Gasteiger partial charge in [-0.25, -0.2) is 4.98 Å². The molecule has 3 rings (SSSR count). The standard InChI is InChI=1S/C19H21N3O2/c1-20-15-8-6-14(7-9-15)17-13-18-16(5-4-10-21-18)19(22-17)24-12-3-2-11-23/h4-10,13,20,23H,2-3,11-12H2,1H3. The van der Waals surface area contributed by atoms with Crippen LogP contribution in [0.5, 0.6) is 5.88 Å². The van der Waals surface area contributed by atoms with Crippen molar-refractivity contribution in [1.29, 1.82) is 0 Å². The van der Waals surface area contributed by atoms with Gasteiger partial charge in [0.25, 0.3) is 0 Å². The average Bonchev–Trinajstić information content (AvgIpc) is 2.65. The Morgan fingerprint density at radius 3 is 2.71 bits per heavy atom. The molecule has 124 valence electrons. The van der Waals surface area contributed by atoms with Crippen LogP contribution in [0.2, 0.25) is 0 Å². The molecule has 0 spiro atoms. The van der Waals surface area contributed by atoms with Gasteiger partial charge in [-0.2, -0.15) is 0 Å². The van der Waals surface area contributed by atoms with E-state index in [9.17, 15) is 0 Å². The van der Waals surface area contributed by atoms with Gasteiger partial charge in [0.05, 0.1) is 23.2 Å². The molecule has 2 aromatic heterocycles. The highest BCUT2D eigenvalue weighted by Gasteiger charge is 2.09. The van der Waals surface area contributed by atoms with Crippen LogP contribution >= 0.6 is 0 Å². The second-order valence-electron chi connectivity index (χ2n) is 5.49. The van der Waals surface area contributed by atoms with E-state index in [4.69, 9.17) is 9.84 Å². The number of rotatable bonds is 7. The molecule has 0 amide bonds. The molecule has 5 heteroatoms. The molecule has 0 aliphatic heterocycles. The summed E-state index contributed by atoms with van der Waals surface area (Å²) in [6.45, 7) is 0.705. The van der Waals surface area contributed by atoms with E-state index in [2.05, 4.69) is 15.3 Å². The van der Waals surface area contributed by atoms with Crippen molar-refractivity contribution in [2.24, 2.45) is 0 Å². The number of unbranched alkanes of at least 4 members (excludes halogenated alkanes) is 1. The number of ether oxygens (including phenoxy) is 1. The highest BCUT2D eigenvalue weighted by atomic mass is 16.5. The highest BCUT2D eigenvalue weighted by molar-refractivity contribution is 5.87. The third-order valence-electron chi connectivity index (χ3n) is 3.82. The fraction of sp³-hybridized carbons (Fsp3) is 0.263. The van der Waals surface area contributed by atoms with Crippen molar-refractivity contribution in [3.8, 4) is 17.1 Å². The van der Waals surface area contributed by atoms with Crippen LogP contribution in [-0.2, 0) is 0 Å². The van der Waals surface area contributed by atoms with Crippen LogP contribution in [0.3, 0.4) is 0 Å². The molecule has 2 N–H and O–H groups in total. The first-order chi connectivity index (χ1) is 11.8. The predicted molar refractivity (Wildman–Crippen MR) is 96.3 cm³/mol. The lowest BCUT2D eigenvalue weighted by molar-refractivity contribution is 0.250. The number of nitrogens with one attached hydrogen (secondary N) is 1. The van der Waals surface area contributed by atoms with Gasteiger partial charge in [-0.05, 0) is 43.2 Å². The molecular weight excluding hydrogens is 302 g/mol. The lowest BCUT2D eigenvalue weighted by Crippen LogP contribution is -2.02. The van der Waals surface area contributed by atoms with E-state index < -0.39 is 0 Å². The summed E-state index contributed by atoms with van der Waals surface area (Å²) in [5.41, 5.74) is 3.76. The van der Waals surface area contributed by atoms with Crippen LogP contribution in [0.25, 0.3) is 22.2 Å². The Kier molecular flexibility index (Phi) is 5.23. The van der Waals surface area contributed by atoms with Crippen molar-refractivity contribution in [2.75, 3.05) is 25.6 Å². The Morgan fingerprint density at radius 2 is 1.96 bits per heavy atom. The molecular formula is C19H21N3O2. The molecule has 1 aromatic carbocycles. The topological polar surface area (TPSA) is 67.3 Å². The van der Waals surface area contributed by atoms with Gasteiger partial charge < -0.3 is 15.2 Å². The summed E-state index contributed by atoms with van der Waals surface area (Å²) in [6.07, 6.45) is 3.29. The maximum Gasteiger partial charge on any atom is 0.223 e. The van der Waals surface area contributed by atoms with E-state index in [1.165, 1.54) is 0 Å². The van der Waals surface area contributed by atoms with Crippen LogP contribution in [0.15, 0.2) is 48.7 Å². The van der Waals surface area contributed by atoms with Crippen LogP contribution in [-0.4, -0.2) is 35.3 Å². The van der Waals surface area contributed by atoms with Gasteiger partial charge in [0.1, 0.15) is 0 Å². The van der Waals surface area contributed by atoms with Crippen molar-refractivity contribution >= 4 is 16.6 Å². The van der Waals surface area contributed by atoms with Crippen LogP contribution < -0.4 is 10.1 Å². The molecule has 0 unspecified atom stereocenters. The SMILES string of the molecule is CNc1ccc(-c2cc3ncccc3c(OCCCCO)n2)cc1. The Hall–Kier alpha value is -2.66. The summed E-state index contributed by atoms with van der Waals surface area (Å²) in [5, 5.41) is 12.9. The number of fused-ring (bicyclic) bond motifs is 1. The number of hydrogen-bond donors (Lipinski definition) is 2. The Bertz CT molecular complexity index is 803. The second-order valence-corrected chi connectivity index (χ2v) is 5.49. The molecule has 0 fully saturated rings. The highest BCUT2D eigenvalue weighted by Crippen LogP contribution is 2.28. The summed E-state index contributed by atoms with van der Waals surface area (Å²) < 4.78 is 5.85. The molecule has 5 nitrogen and oxygen atoms in total. The summed E-state index contributed by atoms with van der Waals surface area (Å²) >= 11 is 0. The van der Waals surface area contributed by atoms with Crippen LogP contribution in [0.1, 0.15) is 12.8 Å². The van der Waals surface area contributed by atoms with Gasteiger partial charge in [0.2, 0.25) is 5.88 Å². The maximum atomic E-state index is 8.88. The molecule has 0 atom stereocenters. The van der Waals surface area contributed by atoms with Gasteiger partial charge in [0, 0.05) is 31.1 Å². The first-order valence-corrected chi connectivity index (χ1v) is 8.09. The third-order valence-corrected chi connectivity index (χ3v) is 3.82. The normalized spacial score (nSPS) is 10.8. The van der Waals surface area contributed by atoms with E-state index in [-0.39, 0.29) is 6.61 Å². The fourth-order valence-electron chi connectivity index (χ4n) is 2.49. The number of anilines is 1. The molecule has 0 aliphatic carbocycles. The van der Waals surface area contributed by atoms with Gasteiger partial charge in [-0.1, -0.05) is 12.1 Å². The minimum absolute atomic E-state index is 0.178. The molecule has 2 heterocycles. The summed E-state index contributed by atoms with van der Waals surface area (Å²) in [4.78, 5) is 9.11. The van der Waals surface area contributed by atoms with Gasteiger partial charge >= 0.3 is 0 Å². The molecule has 24 heavy (non-hydrogen) atoms. The van der Waals surface area contributed by atoms with Gasteiger partial charge in [-0.3, -0.25) is 4.98 Å². The zero-order chi connectivity index (χ0) is 16.8. The summed E-state index contributed by atoms with van der Waals surface area (Å²) in [6, 6.07) is 13.9. The summed E-state index contributed by atoms with van der Waals surface area (Å²) in [7, 11) is 1.89. The van der Waals surface area contributed by atoms with E-state index in [0.717, 1.165) is 40.7 Å². The number of aliphatic hydroxyl groups excluding tert-OH is 1. The van der Waals surface area contributed by atoms with Crippen LogP contribution in [0, 0.1) is 0 Å². The van der Waals surface area contributed by atoms with Crippen molar-refractivity contribution < 1.29 is 9.84 Å². The lowest BCUT2D eigenvalue weighted by atomic mass is 10.1. The van der Waals surface area contributed by atoms with E-state index >= 15 is 0 Å². The zero-order valence-electron chi connectivity index (χ0n) is 13.7. The molecule has 0 radical (unpaired) electrons. The third kappa shape index (κ3) is 3.63. The van der Waals surface area contributed by atoms with Gasteiger partial charge in [0.15, 0.2) is 0 Å². The minimum Gasteiger partial charge on any atom is -0.477 e. The number of pyridine rings is 2. The van der Waals surface area contributed by atoms with E-state index in [1.807, 2.05) is 49.5 Å². The quantitative estimate of drug-likeness (QED) is 0.652. The monoisotopic (exact) mass is 323 g/mol. The summed E-state index contributed by atoms with van der Waals surface area (Å²) in [5.74, 6) is 0.589. The lowest BCUT2D eigenvalue weighted by Gasteiger charge is -2.11.